The highest BCUT2D eigenvalue weighted by Gasteiger charge is 2.15. The molecule has 0 aromatic carbocycles. The number of hydrogen-bond acceptors (Lipinski definition) is 5. The van der Waals surface area contributed by atoms with Crippen LogP contribution in [0.25, 0.3) is 11.6 Å². The number of rotatable bonds is 0. The van der Waals surface area contributed by atoms with Gasteiger partial charge in [-0.2, -0.15) is 0 Å². The van der Waals surface area contributed by atoms with Crippen LogP contribution in [0.1, 0.15) is 12.1 Å². The molecule has 1 aliphatic carbocycles. The van der Waals surface area contributed by atoms with Crippen LogP contribution in [0.4, 0.5) is 0 Å². The lowest BCUT2D eigenvalue weighted by Gasteiger charge is -1.96. The van der Waals surface area contributed by atoms with E-state index in [2.05, 4.69) is 20.4 Å². The summed E-state index contributed by atoms with van der Waals surface area (Å²) in [4.78, 5) is 4.27. The van der Waals surface area contributed by atoms with Gasteiger partial charge in [0.05, 0.1) is 10.9 Å². The predicted molar refractivity (Wildman–Crippen MR) is 50.3 cm³/mol. The zero-order valence-electron chi connectivity index (χ0n) is 7.36. The Morgan fingerprint density at radius 2 is 2.14 bits per heavy atom. The standard InChI is InChI=1S/C9H7N5/c10-6-3-4-11-9-8-5(6)1-2-7(8)12-14-13-9/h1-2,10H,3-4H2. The van der Waals surface area contributed by atoms with Gasteiger partial charge in [-0.05, 0) is 11.3 Å². The van der Waals surface area contributed by atoms with E-state index in [4.69, 9.17) is 5.41 Å². The Labute approximate surface area is 79.4 Å². The number of nitrogens with zero attached hydrogens (tertiary/aromatic N) is 4. The molecular formula is C9H7N5. The molecule has 1 N–H and O–H groups in total. The van der Waals surface area contributed by atoms with Crippen molar-refractivity contribution in [3.63, 3.8) is 0 Å². The molecule has 0 atom stereocenters. The van der Waals surface area contributed by atoms with Gasteiger partial charge in [-0.15, -0.1) is 10.2 Å². The normalized spacial score (nSPS) is 17.7. The average Bonchev–Trinajstić information content (AvgIpc) is 2.54. The van der Waals surface area contributed by atoms with E-state index in [-0.39, 0.29) is 0 Å². The highest BCUT2D eigenvalue weighted by molar-refractivity contribution is 6.22. The van der Waals surface area contributed by atoms with E-state index in [1.807, 2.05) is 12.2 Å². The van der Waals surface area contributed by atoms with Crippen molar-refractivity contribution in [2.45, 2.75) is 6.42 Å². The fraction of sp³-hybridized carbons (Fsp3) is 0.222. The summed E-state index contributed by atoms with van der Waals surface area (Å²) < 4.78 is 0. The Kier molecular flexibility index (Phi) is 1.36. The van der Waals surface area contributed by atoms with Crippen molar-refractivity contribution < 1.29 is 0 Å². The van der Waals surface area contributed by atoms with Crippen LogP contribution in [-0.4, -0.2) is 27.7 Å². The topological polar surface area (TPSA) is 74.9 Å². The lowest BCUT2D eigenvalue weighted by Crippen LogP contribution is -2.34. The summed E-state index contributed by atoms with van der Waals surface area (Å²) in [6, 6.07) is 0. The Bertz CT molecular complexity index is 569. The van der Waals surface area contributed by atoms with Gasteiger partial charge < -0.3 is 5.41 Å². The molecule has 5 nitrogen and oxygen atoms in total. The van der Waals surface area contributed by atoms with E-state index < -0.39 is 0 Å². The summed E-state index contributed by atoms with van der Waals surface area (Å²) in [5, 5.41) is 20.1. The van der Waals surface area contributed by atoms with Gasteiger partial charge in [0.1, 0.15) is 0 Å². The maximum Gasteiger partial charge on any atom is 0.181 e. The quantitative estimate of drug-likeness (QED) is 0.568. The molecule has 68 valence electrons. The maximum absolute atomic E-state index is 7.83. The minimum absolute atomic E-state index is 0.609. The fourth-order valence-corrected chi connectivity index (χ4v) is 1.72. The largest absolute Gasteiger partial charge is 0.305 e. The van der Waals surface area contributed by atoms with Gasteiger partial charge in [-0.1, -0.05) is 6.08 Å². The Morgan fingerprint density at radius 1 is 1.21 bits per heavy atom. The SMILES string of the molecule is N=C1CCN=c2nnnc3c2=C1C=C3. The lowest BCUT2D eigenvalue weighted by molar-refractivity contribution is 0.792. The molecule has 0 bridgehead atoms. The summed E-state index contributed by atoms with van der Waals surface area (Å²) in [5.41, 5.74) is 2.91. The molecule has 1 aromatic heterocycles. The average molecular weight is 185 g/mol. The number of aromatic nitrogens is 3. The van der Waals surface area contributed by atoms with Crippen LogP contribution in [-0.2, 0) is 0 Å². The van der Waals surface area contributed by atoms with Crippen molar-refractivity contribution in [1.29, 1.82) is 5.41 Å². The molecule has 5 heteroatoms. The van der Waals surface area contributed by atoms with Crippen LogP contribution in [0.5, 0.6) is 0 Å². The molecule has 0 saturated carbocycles. The van der Waals surface area contributed by atoms with Crippen molar-refractivity contribution in [2.75, 3.05) is 6.54 Å². The lowest BCUT2D eigenvalue weighted by atomic mass is 10.1. The zero-order valence-corrected chi connectivity index (χ0v) is 7.36. The van der Waals surface area contributed by atoms with Gasteiger partial charge >= 0.3 is 0 Å². The fourth-order valence-electron chi connectivity index (χ4n) is 1.72. The first kappa shape index (κ1) is 7.49. The number of allylic oxidation sites excluding steroid dienone is 1. The smallest absolute Gasteiger partial charge is 0.181 e. The second-order valence-electron chi connectivity index (χ2n) is 3.23. The highest BCUT2D eigenvalue weighted by atomic mass is 15.3. The van der Waals surface area contributed by atoms with Crippen molar-refractivity contribution in [1.82, 2.24) is 15.4 Å². The number of nitrogens with one attached hydrogen (secondary N) is 1. The third-order valence-electron chi connectivity index (χ3n) is 2.40. The summed E-state index contributed by atoms with van der Waals surface area (Å²) in [7, 11) is 0. The molecule has 0 amide bonds. The van der Waals surface area contributed by atoms with Crippen LogP contribution in [0.3, 0.4) is 0 Å². The van der Waals surface area contributed by atoms with Crippen molar-refractivity contribution in [3.8, 4) is 0 Å². The van der Waals surface area contributed by atoms with E-state index in [0.717, 1.165) is 16.5 Å². The van der Waals surface area contributed by atoms with Crippen LogP contribution >= 0.6 is 0 Å². The third kappa shape index (κ3) is 0.863. The monoisotopic (exact) mass is 185 g/mol. The Balaban J connectivity index is 2.55. The van der Waals surface area contributed by atoms with E-state index >= 15 is 0 Å². The van der Waals surface area contributed by atoms with Crippen LogP contribution in [0.2, 0.25) is 0 Å². The molecule has 1 aromatic rings. The maximum atomic E-state index is 7.83. The van der Waals surface area contributed by atoms with Gasteiger partial charge in [0.2, 0.25) is 0 Å². The predicted octanol–water partition coefficient (Wildman–Crippen LogP) is -0.908. The summed E-state index contributed by atoms with van der Waals surface area (Å²) in [6.45, 7) is 0.612. The Morgan fingerprint density at radius 3 is 3.07 bits per heavy atom. The van der Waals surface area contributed by atoms with Gasteiger partial charge in [0, 0.05) is 24.3 Å². The van der Waals surface area contributed by atoms with Gasteiger partial charge in [-0.25, -0.2) is 0 Å². The van der Waals surface area contributed by atoms with Crippen molar-refractivity contribution in [3.05, 3.63) is 22.5 Å². The third-order valence-corrected chi connectivity index (χ3v) is 2.40. The molecule has 1 aliphatic heterocycles. The molecule has 0 radical (unpaired) electrons. The van der Waals surface area contributed by atoms with E-state index in [0.29, 0.717) is 24.2 Å². The summed E-state index contributed by atoms with van der Waals surface area (Å²) in [5.74, 6) is 0. The van der Waals surface area contributed by atoms with Crippen LogP contribution in [0, 0.1) is 5.41 Å². The van der Waals surface area contributed by atoms with Gasteiger partial charge in [-0.3, -0.25) is 4.99 Å². The Hall–Kier alpha value is -1.91. The van der Waals surface area contributed by atoms with Crippen molar-refractivity contribution in [2.24, 2.45) is 4.99 Å². The van der Waals surface area contributed by atoms with Gasteiger partial charge in [0.15, 0.2) is 5.49 Å². The minimum Gasteiger partial charge on any atom is -0.305 e. The first-order chi connectivity index (χ1) is 6.86. The van der Waals surface area contributed by atoms with E-state index in [1.54, 1.807) is 0 Å². The van der Waals surface area contributed by atoms with Crippen molar-refractivity contribution >= 4 is 17.4 Å². The van der Waals surface area contributed by atoms with E-state index in [9.17, 15) is 0 Å². The van der Waals surface area contributed by atoms with E-state index in [1.165, 1.54) is 0 Å². The minimum atomic E-state index is 0.609. The first-order valence-corrected chi connectivity index (χ1v) is 4.40. The molecule has 0 saturated heterocycles. The zero-order chi connectivity index (χ0) is 9.54. The molecule has 14 heavy (non-hydrogen) atoms. The molecule has 0 unspecified atom stereocenters. The molecule has 3 rings (SSSR count). The molecule has 2 aliphatic rings. The van der Waals surface area contributed by atoms with Crippen LogP contribution < -0.4 is 10.7 Å². The number of hydrogen-bond donors (Lipinski definition) is 1. The first-order valence-electron chi connectivity index (χ1n) is 4.40. The van der Waals surface area contributed by atoms with Crippen LogP contribution in [0.15, 0.2) is 11.1 Å². The second-order valence-corrected chi connectivity index (χ2v) is 3.23. The summed E-state index contributed by atoms with van der Waals surface area (Å²) >= 11 is 0. The molecule has 0 spiro atoms. The highest BCUT2D eigenvalue weighted by Crippen LogP contribution is 2.10. The second kappa shape index (κ2) is 2.54. The molecule has 0 fully saturated rings. The summed E-state index contributed by atoms with van der Waals surface area (Å²) in [6.07, 6.45) is 4.42. The van der Waals surface area contributed by atoms with Gasteiger partial charge in [0.25, 0.3) is 0 Å². The molecular weight excluding hydrogens is 178 g/mol. The molecule has 2 heterocycles.